The summed E-state index contributed by atoms with van der Waals surface area (Å²) in [4.78, 5) is 40.4. The van der Waals surface area contributed by atoms with Gasteiger partial charge in [0, 0.05) is 43.3 Å². The van der Waals surface area contributed by atoms with Gasteiger partial charge in [-0.2, -0.15) is 5.10 Å². The minimum atomic E-state index is -0.556. The minimum absolute atomic E-state index is 0.00880. The Balaban J connectivity index is 1.06. The first-order chi connectivity index (χ1) is 17.8. The summed E-state index contributed by atoms with van der Waals surface area (Å²) >= 11 is 0. The van der Waals surface area contributed by atoms with Crippen molar-refractivity contribution in [2.24, 2.45) is 18.2 Å². The van der Waals surface area contributed by atoms with Crippen molar-refractivity contribution in [3.63, 3.8) is 0 Å². The lowest BCUT2D eigenvalue weighted by Gasteiger charge is -2.57. The Morgan fingerprint density at radius 2 is 1.81 bits per heavy atom. The zero-order chi connectivity index (χ0) is 25.7. The quantitative estimate of drug-likeness (QED) is 0.419. The van der Waals surface area contributed by atoms with Gasteiger partial charge in [-0.3, -0.25) is 14.4 Å². The van der Waals surface area contributed by atoms with Crippen LogP contribution in [0.3, 0.4) is 0 Å². The zero-order valence-electron chi connectivity index (χ0n) is 20.3. The Labute approximate surface area is 212 Å². The molecule has 2 fully saturated rings. The van der Waals surface area contributed by atoms with Gasteiger partial charge >= 0.3 is 0 Å². The van der Waals surface area contributed by atoms with Gasteiger partial charge in [0.2, 0.25) is 11.4 Å². The van der Waals surface area contributed by atoms with E-state index in [4.69, 9.17) is 10.5 Å². The van der Waals surface area contributed by atoms with Crippen LogP contribution in [0.4, 0.5) is 0 Å². The van der Waals surface area contributed by atoms with Crippen molar-refractivity contribution in [1.82, 2.24) is 24.5 Å². The summed E-state index contributed by atoms with van der Waals surface area (Å²) in [5, 5.41) is 7.51. The van der Waals surface area contributed by atoms with Crippen molar-refractivity contribution in [3.05, 3.63) is 82.7 Å². The van der Waals surface area contributed by atoms with Crippen molar-refractivity contribution in [2.45, 2.75) is 37.8 Å². The van der Waals surface area contributed by atoms with Gasteiger partial charge in [0.25, 0.3) is 11.8 Å². The van der Waals surface area contributed by atoms with Gasteiger partial charge in [-0.1, -0.05) is 6.07 Å². The standard InChI is InChI=1S/C27H26N6O4/c1-32-14-16(5-7-23(32)34)17-4-6-22-21(13-30-33(22)15-17)25(36)31-18-9-27(10-18)11-19(12-27)37-26-20(24(28)35)3-2-8-29-26/h2-8,13-15,18-19H,9-12H2,1H3,(H2,28,35)(H,31,36)/t18-,19-,27?. The third-order valence-corrected chi connectivity index (χ3v) is 7.51. The maximum atomic E-state index is 13.0. The lowest BCUT2D eigenvalue weighted by molar-refractivity contribution is -0.0848. The second-order valence-corrected chi connectivity index (χ2v) is 10.1. The largest absolute Gasteiger partial charge is 0.474 e. The number of pyridine rings is 3. The molecular formula is C27H26N6O4. The van der Waals surface area contributed by atoms with E-state index in [0.29, 0.717) is 5.56 Å². The molecule has 188 valence electrons. The van der Waals surface area contributed by atoms with Gasteiger partial charge in [-0.25, -0.2) is 9.50 Å². The smallest absolute Gasteiger partial charge is 0.255 e. The number of nitrogens with one attached hydrogen (secondary N) is 1. The van der Waals surface area contributed by atoms with Crippen LogP contribution in [0.25, 0.3) is 16.6 Å². The molecule has 0 atom stereocenters. The summed E-state index contributed by atoms with van der Waals surface area (Å²) in [6.45, 7) is 0. The van der Waals surface area contributed by atoms with E-state index in [1.165, 1.54) is 10.6 Å². The van der Waals surface area contributed by atoms with Gasteiger partial charge in [-0.05, 0) is 60.9 Å². The Bertz CT molecular complexity index is 1590. The predicted octanol–water partition coefficient (Wildman–Crippen LogP) is 2.31. The molecular weight excluding hydrogens is 472 g/mol. The Morgan fingerprint density at radius 1 is 1.05 bits per heavy atom. The number of ether oxygens (including phenoxy) is 1. The fourth-order valence-electron chi connectivity index (χ4n) is 5.60. The van der Waals surface area contributed by atoms with Crippen molar-refractivity contribution >= 4 is 17.3 Å². The summed E-state index contributed by atoms with van der Waals surface area (Å²) in [5.74, 6) is -0.414. The summed E-state index contributed by atoms with van der Waals surface area (Å²) in [6, 6.07) is 10.5. The highest BCUT2D eigenvalue weighted by Crippen LogP contribution is 2.56. The normalized spacial score (nSPS) is 22.3. The van der Waals surface area contributed by atoms with Crippen LogP contribution in [-0.4, -0.2) is 43.1 Å². The highest BCUT2D eigenvalue weighted by atomic mass is 16.5. The van der Waals surface area contributed by atoms with Crippen molar-refractivity contribution < 1.29 is 14.3 Å². The van der Waals surface area contributed by atoms with Crippen molar-refractivity contribution in [1.29, 1.82) is 0 Å². The van der Waals surface area contributed by atoms with Crippen molar-refractivity contribution in [3.8, 4) is 17.0 Å². The molecule has 4 aromatic heterocycles. The Morgan fingerprint density at radius 3 is 2.57 bits per heavy atom. The molecule has 10 nitrogen and oxygen atoms in total. The summed E-state index contributed by atoms with van der Waals surface area (Å²) < 4.78 is 9.14. The molecule has 10 heteroatoms. The molecule has 6 rings (SSSR count). The molecule has 0 bridgehead atoms. The number of aryl methyl sites for hydroxylation is 1. The average Bonchev–Trinajstić information content (AvgIpc) is 3.26. The second kappa shape index (κ2) is 8.58. The summed E-state index contributed by atoms with van der Waals surface area (Å²) in [7, 11) is 1.71. The minimum Gasteiger partial charge on any atom is -0.474 e. The number of hydrogen-bond donors (Lipinski definition) is 2. The lowest BCUT2D eigenvalue weighted by Crippen LogP contribution is -2.58. The van der Waals surface area contributed by atoms with E-state index >= 15 is 0 Å². The number of fused-ring (bicyclic) bond motifs is 1. The van der Waals surface area contributed by atoms with Crippen LogP contribution in [0.2, 0.25) is 0 Å². The molecule has 1 spiro atoms. The first-order valence-electron chi connectivity index (χ1n) is 12.2. The molecule has 37 heavy (non-hydrogen) atoms. The number of primary amides is 1. The fourth-order valence-corrected chi connectivity index (χ4v) is 5.60. The van der Waals surface area contributed by atoms with Crippen LogP contribution < -0.4 is 21.3 Å². The topological polar surface area (TPSA) is 134 Å². The van der Waals surface area contributed by atoms with Gasteiger partial charge in [0.1, 0.15) is 11.7 Å². The third-order valence-electron chi connectivity index (χ3n) is 7.51. The molecule has 4 aromatic rings. The molecule has 0 aromatic carbocycles. The molecule has 0 radical (unpaired) electrons. The van der Waals surface area contributed by atoms with E-state index < -0.39 is 5.91 Å². The van der Waals surface area contributed by atoms with Crippen LogP contribution in [0, 0.1) is 5.41 Å². The van der Waals surface area contributed by atoms with Gasteiger partial charge in [0.15, 0.2) is 0 Å². The molecule has 0 unspecified atom stereocenters. The fraction of sp³-hybridized carbons (Fsp3) is 0.296. The Kier molecular flexibility index (Phi) is 5.32. The predicted molar refractivity (Wildman–Crippen MR) is 135 cm³/mol. The first kappa shape index (κ1) is 23.0. The molecule has 0 aliphatic heterocycles. The highest BCUT2D eigenvalue weighted by molar-refractivity contribution is 6.01. The number of hydrogen-bond acceptors (Lipinski definition) is 6. The summed E-state index contributed by atoms with van der Waals surface area (Å²) in [6.07, 6.45) is 10.3. The van der Waals surface area contributed by atoms with E-state index in [1.807, 2.05) is 18.3 Å². The number of carbonyl (C=O) groups excluding carboxylic acids is 2. The maximum Gasteiger partial charge on any atom is 0.255 e. The van der Waals surface area contributed by atoms with E-state index in [1.54, 1.807) is 48.4 Å². The van der Waals surface area contributed by atoms with E-state index in [-0.39, 0.29) is 40.5 Å². The molecule has 4 heterocycles. The number of amides is 2. The highest BCUT2D eigenvalue weighted by Gasteiger charge is 2.54. The molecule has 2 saturated carbocycles. The number of rotatable bonds is 6. The van der Waals surface area contributed by atoms with Crippen LogP contribution in [0.15, 0.2) is 66.0 Å². The second-order valence-electron chi connectivity index (χ2n) is 10.1. The zero-order valence-corrected chi connectivity index (χ0v) is 20.3. The molecule has 0 saturated heterocycles. The number of carbonyl (C=O) groups is 2. The van der Waals surface area contributed by atoms with Crippen LogP contribution in [0.5, 0.6) is 5.88 Å². The Hall–Kier alpha value is -4.47. The molecule has 2 amide bonds. The maximum absolute atomic E-state index is 13.0. The number of nitrogens with two attached hydrogens (primary N) is 1. The third kappa shape index (κ3) is 4.14. The molecule has 3 N–H and O–H groups in total. The number of nitrogens with zero attached hydrogens (tertiary/aromatic N) is 4. The van der Waals surface area contributed by atoms with Crippen LogP contribution in [-0.2, 0) is 7.05 Å². The first-order valence-corrected chi connectivity index (χ1v) is 12.2. The van der Waals surface area contributed by atoms with Gasteiger partial charge in [0.05, 0.1) is 17.3 Å². The van der Waals surface area contributed by atoms with E-state index in [0.717, 1.165) is 42.3 Å². The molecule has 2 aliphatic carbocycles. The van der Waals surface area contributed by atoms with Crippen molar-refractivity contribution in [2.75, 3.05) is 0 Å². The SMILES string of the molecule is Cn1cc(-c2ccc3c(C(=O)N[C@H]4CC5(C4)C[C@H](Oc4ncccc4C(N)=O)C5)cnn3c2)ccc1=O. The van der Waals surface area contributed by atoms with Crippen LogP contribution in [0.1, 0.15) is 46.4 Å². The number of aromatic nitrogens is 4. The lowest BCUT2D eigenvalue weighted by atomic mass is 9.53. The van der Waals surface area contributed by atoms with Gasteiger partial charge in [-0.15, -0.1) is 0 Å². The summed E-state index contributed by atoms with van der Waals surface area (Å²) in [5.41, 5.74) is 8.82. The monoisotopic (exact) mass is 498 g/mol. The average molecular weight is 499 g/mol. The molecule has 2 aliphatic rings. The van der Waals surface area contributed by atoms with Gasteiger partial charge < -0.3 is 20.4 Å². The van der Waals surface area contributed by atoms with E-state index in [2.05, 4.69) is 15.4 Å². The van der Waals surface area contributed by atoms with E-state index in [9.17, 15) is 14.4 Å². The van der Waals surface area contributed by atoms with Crippen LogP contribution >= 0.6 is 0 Å².